The molecule has 3 aromatic carbocycles. The van der Waals surface area contributed by atoms with Crippen LogP contribution in [0.3, 0.4) is 0 Å². The standard InChI is InChI=1S/C20H12FN3/c21-20-15(13-22)11-19(12-16(20)14-23)24(17-7-3-1-4-8-17)18-9-5-2-6-10-18/h1-12H. The van der Waals surface area contributed by atoms with Gasteiger partial charge in [0.05, 0.1) is 11.1 Å². The van der Waals surface area contributed by atoms with Crippen molar-refractivity contribution >= 4 is 17.1 Å². The molecule has 3 rings (SSSR count). The molecule has 0 saturated carbocycles. The minimum atomic E-state index is -0.787. The number of halogens is 1. The number of hydrogen-bond acceptors (Lipinski definition) is 3. The largest absolute Gasteiger partial charge is 0.310 e. The number of para-hydroxylation sites is 2. The van der Waals surface area contributed by atoms with E-state index < -0.39 is 5.82 Å². The van der Waals surface area contributed by atoms with E-state index in [1.807, 2.05) is 77.7 Å². The molecule has 3 aromatic rings. The Hall–Kier alpha value is -3.63. The molecule has 0 saturated heterocycles. The van der Waals surface area contributed by atoms with Crippen molar-refractivity contribution in [1.29, 1.82) is 10.5 Å². The van der Waals surface area contributed by atoms with Crippen LogP contribution in [0.2, 0.25) is 0 Å². The highest BCUT2D eigenvalue weighted by molar-refractivity contribution is 5.77. The normalized spacial score (nSPS) is 9.79. The summed E-state index contributed by atoms with van der Waals surface area (Å²) in [5, 5.41) is 18.3. The predicted octanol–water partition coefficient (Wildman–Crippen LogP) is 5.04. The highest BCUT2D eigenvalue weighted by Crippen LogP contribution is 2.35. The van der Waals surface area contributed by atoms with Crippen molar-refractivity contribution in [3.8, 4) is 12.1 Å². The van der Waals surface area contributed by atoms with E-state index in [0.29, 0.717) is 5.69 Å². The van der Waals surface area contributed by atoms with Gasteiger partial charge in [0.2, 0.25) is 0 Å². The molecule has 0 amide bonds. The molecule has 0 aliphatic carbocycles. The SMILES string of the molecule is N#Cc1cc(N(c2ccccc2)c2ccccc2)cc(C#N)c1F. The summed E-state index contributed by atoms with van der Waals surface area (Å²) in [5.74, 6) is -0.787. The quantitative estimate of drug-likeness (QED) is 0.680. The van der Waals surface area contributed by atoms with Crippen LogP contribution >= 0.6 is 0 Å². The molecular formula is C20H12FN3. The van der Waals surface area contributed by atoms with Crippen LogP contribution in [0.15, 0.2) is 72.8 Å². The third-order valence-electron chi connectivity index (χ3n) is 3.59. The molecule has 114 valence electrons. The van der Waals surface area contributed by atoms with Crippen molar-refractivity contribution in [2.75, 3.05) is 4.90 Å². The first-order valence-electron chi connectivity index (χ1n) is 7.28. The monoisotopic (exact) mass is 313 g/mol. The van der Waals surface area contributed by atoms with Crippen molar-refractivity contribution in [3.63, 3.8) is 0 Å². The van der Waals surface area contributed by atoms with E-state index in [0.717, 1.165) is 11.4 Å². The topological polar surface area (TPSA) is 50.8 Å². The van der Waals surface area contributed by atoms with Gasteiger partial charge in [0.15, 0.2) is 5.82 Å². The molecule has 0 fully saturated rings. The van der Waals surface area contributed by atoms with Crippen molar-refractivity contribution in [3.05, 3.63) is 89.7 Å². The van der Waals surface area contributed by atoms with E-state index in [2.05, 4.69) is 0 Å². The highest BCUT2D eigenvalue weighted by atomic mass is 19.1. The Morgan fingerprint density at radius 1 is 0.667 bits per heavy atom. The van der Waals surface area contributed by atoms with E-state index >= 15 is 0 Å². The number of rotatable bonds is 3. The summed E-state index contributed by atoms with van der Waals surface area (Å²) in [6.45, 7) is 0. The molecule has 0 aromatic heterocycles. The second-order valence-corrected chi connectivity index (χ2v) is 5.08. The lowest BCUT2D eigenvalue weighted by atomic mass is 10.1. The lowest BCUT2D eigenvalue weighted by Gasteiger charge is -2.25. The van der Waals surface area contributed by atoms with Crippen molar-refractivity contribution in [1.82, 2.24) is 0 Å². The van der Waals surface area contributed by atoms with E-state index in [9.17, 15) is 4.39 Å². The number of benzene rings is 3. The summed E-state index contributed by atoms with van der Waals surface area (Å²) in [6.07, 6.45) is 0. The minimum absolute atomic E-state index is 0.152. The molecule has 0 radical (unpaired) electrons. The smallest absolute Gasteiger partial charge is 0.158 e. The fourth-order valence-electron chi connectivity index (χ4n) is 2.50. The Morgan fingerprint density at radius 2 is 1.08 bits per heavy atom. The van der Waals surface area contributed by atoms with Gasteiger partial charge in [0.25, 0.3) is 0 Å². The molecule has 4 heteroatoms. The lowest BCUT2D eigenvalue weighted by Crippen LogP contribution is -2.11. The third kappa shape index (κ3) is 2.82. The van der Waals surface area contributed by atoms with Gasteiger partial charge in [-0.3, -0.25) is 0 Å². The predicted molar refractivity (Wildman–Crippen MR) is 90.5 cm³/mol. The van der Waals surface area contributed by atoms with Crippen LogP contribution in [0.1, 0.15) is 11.1 Å². The highest BCUT2D eigenvalue weighted by Gasteiger charge is 2.17. The second-order valence-electron chi connectivity index (χ2n) is 5.08. The van der Waals surface area contributed by atoms with Gasteiger partial charge in [-0.2, -0.15) is 10.5 Å². The van der Waals surface area contributed by atoms with Gasteiger partial charge in [-0.1, -0.05) is 36.4 Å². The zero-order valence-electron chi connectivity index (χ0n) is 12.6. The first-order chi connectivity index (χ1) is 11.7. The summed E-state index contributed by atoms with van der Waals surface area (Å²) >= 11 is 0. The van der Waals surface area contributed by atoms with Crippen molar-refractivity contribution in [2.45, 2.75) is 0 Å². The number of anilines is 3. The van der Waals surface area contributed by atoms with E-state index in [1.165, 1.54) is 12.1 Å². The molecule has 0 aliphatic rings. The molecule has 0 N–H and O–H groups in total. The van der Waals surface area contributed by atoms with Crippen molar-refractivity contribution < 1.29 is 4.39 Å². The first kappa shape index (κ1) is 15.3. The van der Waals surface area contributed by atoms with Gasteiger partial charge in [0.1, 0.15) is 12.1 Å². The molecule has 0 spiro atoms. The summed E-state index contributed by atoms with van der Waals surface area (Å²) in [5.41, 5.74) is 1.95. The zero-order valence-corrected chi connectivity index (χ0v) is 12.6. The Labute approximate surface area is 139 Å². The van der Waals surface area contributed by atoms with Crippen LogP contribution in [0.25, 0.3) is 0 Å². The van der Waals surface area contributed by atoms with Gasteiger partial charge < -0.3 is 4.90 Å². The molecule has 3 nitrogen and oxygen atoms in total. The van der Waals surface area contributed by atoms with Gasteiger partial charge in [0, 0.05) is 17.1 Å². The van der Waals surface area contributed by atoms with Gasteiger partial charge in [-0.05, 0) is 36.4 Å². The average Bonchev–Trinajstić information content (AvgIpc) is 2.65. The van der Waals surface area contributed by atoms with Crippen LogP contribution in [0, 0.1) is 28.5 Å². The van der Waals surface area contributed by atoms with Gasteiger partial charge in [-0.15, -0.1) is 0 Å². The second kappa shape index (κ2) is 6.64. The van der Waals surface area contributed by atoms with Gasteiger partial charge in [-0.25, -0.2) is 4.39 Å². The van der Waals surface area contributed by atoms with Crippen LogP contribution in [0.4, 0.5) is 21.5 Å². The summed E-state index contributed by atoms with van der Waals surface area (Å²) in [6, 6.07) is 25.6. The molecule has 0 unspecified atom stereocenters. The maximum atomic E-state index is 14.1. The molecular weight excluding hydrogens is 301 g/mol. The Balaban J connectivity index is 2.25. The van der Waals surface area contributed by atoms with Crippen LogP contribution in [0.5, 0.6) is 0 Å². The van der Waals surface area contributed by atoms with Crippen LogP contribution in [-0.2, 0) is 0 Å². The Kier molecular flexibility index (Phi) is 4.23. The summed E-state index contributed by atoms with van der Waals surface area (Å²) in [4.78, 5) is 1.88. The molecule has 0 heterocycles. The number of nitriles is 2. The fourth-order valence-corrected chi connectivity index (χ4v) is 2.50. The number of hydrogen-bond donors (Lipinski definition) is 0. The summed E-state index contributed by atoms with van der Waals surface area (Å²) < 4.78 is 14.1. The third-order valence-corrected chi connectivity index (χ3v) is 3.59. The average molecular weight is 313 g/mol. The Bertz CT molecular complexity index is 864. The Morgan fingerprint density at radius 3 is 1.46 bits per heavy atom. The van der Waals surface area contributed by atoms with E-state index in [4.69, 9.17) is 10.5 Å². The maximum absolute atomic E-state index is 14.1. The molecule has 0 atom stereocenters. The van der Waals surface area contributed by atoms with Gasteiger partial charge >= 0.3 is 0 Å². The fraction of sp³-hybridized carbons (Fsp3) is 0. The number of nitrogens with zero attached hydrogens (tertiary/aromatic N) is 3. The summed E-state index contributed by atoms with van der Waals surface area (Å²) in [7, 11) is 0. The molecule has 24 heavy (non-hydrogen) atoms. The minimum Gasteiger partial charge on any atom is -0.310 e. The van der Waals surface area contributed by atoms with E-state index in [1.54, 1.807) is 0 Å². The first-order valence-corrected chi connectivity index (χ1v) is 7.28. The lowest BCUT2D eigenvalue weighted by molar-refractivity contribution is 0.620. The van der Waals surface area contributed by atoms with Crippen LogP contribution < -0.4 is 4.90 Å². The molecule has 0 aliphatic heterocycles. The van der Waals surface area contributed by atoms with E-state index in [-0.39, 0.29) is 11.1 Å². The van der Waals surface area contributed by atoms with Crippen LogP contribution in [-0.4, -0.2) is 0 Å². The molecule has 0 bridgehead atoms. The maximum Gasteiger partial charge on any atom is 0.158 e. The van der Waals surface area contributed by atoms with Crippen molar-refractivity contribution in [2.24, 2.45) is 0 Å². The zero-order chi connectivity index (χ0) is 16.9.